The van der Waals surface area contributed by atoms with E-state index in [1.165, 1.54) is 5.56 Å². The molecule has 3 nitrogen and oxygen atoms in total. The monoisotopic (exact) mass is 264 g/mol. The van der Waals surface area contributed by atoms with Crippen LogP contribution in [0.3, 0.4) is 0 Å². The summed E-state index contributed by atoms with van der Waals surface area (Å²) in [5.41, 5.74) is 1.86. The van der Waals surface area contributed by atoms with Crippen LogP contribution in [-0.4, -0.2) is 24.8 Å². The number of rotatable bonds is 6. The highest BCUT2D eigenvalue weighted by Crippen LogP contribution is 2.30. The molecule has 0 unspecified atom stereocenters. The van der Waals surface area contributed by atoms with E-state index in [1.54, 1.807) is 7.11 Å². The summed E-state index contributed by atoms with van der Waals surface area (Å²) in [5, 5.41) is 8.95. The number of carbonyl (C=O) groups is 1. The van der Waals surface area contributed by atoms with Crippen molar-refractivity contribution in [1.82, 2.24) is 0 Å². The van der Waals surface area contributed by atoms with Gasteiger partial charge in [-0.2, -0.15) is 0 Å². The van der Waals surface area contributed by atoms with Crippen LogP contribution in [-0.2, 0) is 20.4 Å². The predicted molar refractivity (Wildman–Crippen MR) is 76.6 cm³/mol. The largest absolute Gasteiger partial charge is 0.481 e. The van der Waals surface area contributed by atoms with Gasteiger partial charge in [-0.15, -0.1) is 0 Å². The van der Waals surface area contributed by atoms with Crippen molar-refractivity contribution in [3.05, 3.63) is 35.4 Å². The molecule has 0 amide bonds. The summed E-state index contributed by atoms with van der Waals surface area (Å²) >= 11 is 0. The number of ether oxygens (including phenoxy) is 1. The standard InChI is InChI=1S/C16H24O3/c1-15(2,10-14(17)18)12-6-8-13(9-7-12)16(3,4)11-19-5/h6-9H,10-11H2,1-5H3,(H,17,18). The quantitative estimate of drug-likeness (QED) is 0.857. The zero-order valence-corrected chi connectivity index (χ0v) is 12.5. The molecule has 0 heterocycles. The van der Waals surface area contributed by atoms with Gasteiger partial charge in [0.15, 0.2) is 0 Å². The first kappa shape index (κ1) is 15.7. The van der Waals surface area contributed by atoms with Crippen molar-refractivity contribution in [3.8, 4) is 0 Å². The maximum atomic E-state index is 10.9. The van der Waals surface area contributed by atoms with E-state index in [4.69, 9.17) is 9.84 Å². The third kappa shape index (κ3) is 4.06. The van der Waals surface area contributed by atoms with E-state index in [-0.39, 0.29) is 17.3 Å². The highest BCUT2D eigenvalue weighted by Gasteiger charge is 2.25. The van der Waals surface area contributed by atoms with Crippen molar-refractivity contribution in [2.45, 2.75) is 44.9 Å². The minimum absolute atomic E-state index is 0.0375. The van der Waals surface area contributed by atoms with Crippen molar-refractivity contribution in [2.24, 2.45) is 0 Å². The van der Waals surface area contributed by atoms with Gasteiger partial charge in [-0.3, -0.25) is 4.79 Å². The third-order valence-corrected chi connectivity index (χ3v) is 3.55. The Balaban J connectivity index is 2.96. The van der Waals surface area contributed by atoms with Crippen LogP contribution >= 0.6 is 0 Å². The van der Waals surface area contributed by atoms with E-state index in [2.05, 4.69) is 26.0 Å². The lowest BCUT2D eigenvalue weighted by Crippen LogP contribution is -2.25. The van der Waals surface area contributed by atoms with E-state index < -0.39 is 5.97 Å². The van der Waals surface area contributed by atoms with Crippen LogP contribution in [0.25, 0.3) is 0 Å². The van der Waals surface area contributed by atoms with Crippen molar-refractivity contribution in [1.29, 1.82) is 0 Å². The van der Waals surface area contributed by atoms with Gasteiger partial charge in [0, 0.05) is 17.9 Å². The number of carboxylic acid groups (broad SMARTS) is 1. The van der Waals surface area contributed by atoms with Crippen LogP contribution in [0.4, 0.5) is 0 Å². The maximum Gasteiger partial charge on any atom is 0.304 e. The average Bonchev–Trinajstić information content (AvgIpc) is 2.27. The summed E-state index contributed by atoms with van der Waals surface area (Å²) in [5.74, 6) is -0.770. The van der Waals surface area contributed by atoms with Crippen LogP contribution in [0.5, 0.6) is 0 Å². The van der Waals surface area contributed by atoms with Gasteiger partial charge >= 0.3 is 5.97 Å². The fourth-order valence-corrected chi connectivity index (χ4v) is 2.30. The summed E-state index contributed by atoms with van der Waals surface area (Å²) in [6.07, 6.45) is 0.133. The van der Waals surface area contributed by atoms with Gasteiger partial charge in [0.1, 0.15) is 0 Å². The van der Waals surface area contributed by atoms with Crippen molar-refractivity contribution in [2.75, 3.05) is 13.7 Å². The van der Waals surface area contributed by atoms with Crippen molar-refractivity contribution < 1.29 is 14.6 Å². The smallest absolute Gasteiger partial charge is 0.304 e. The topological polar surface area (TPSA) is 46.5 Å². The van der Waals surface area contributed by atoms with Crippen molar-refractivity contribution in [3.63, 3.8) is 0 Å². The Morgan fingerprint density at radius 3 is 1.84 bits per heavy atom. The number of hydrogen-bond donors (Lipinski definition) is 1. The van der Waals surface area contributed by atoms with E-state index in [9.17, 15) is 4.79 Å². The van der Waals surface area contributed by atoms with E-state index >= 15 is 0 Å². The average molecular weight is 264 g/mol. The molecule has 0 atom stereocenters. The van der Waals surface area contributed by atoms with Gasteiger partial charge in [-0.05, 0) is 11.1 Å². The molecule has 106 valence electrons. The highest BCUT2D eigenvalue weighted by atomic mass is 16.5. The fraction of sp³-hybridized carbons (Fsp3) is 0.562. The first-order valence-corrected chi connectivity index (χ1v) is 6.51. The Hall–Kier alpha value is -1.35. The molecule has 0 saturated carbocycles. The predicted octanol–water partition coefficient (Wildman–Crippen LogP) is 3.36. The minimum atomic E-state index is -0.770. The van der Waals surface area contributed by atoms with Crippen LogP contribution in [0.1, 0.15) is 45.2 Å². The molecule has 0 aliphatic carbocycles. The molecule has 19 heavy (non-hydrogen) atoms. The lowest BCUT2D eigenvalue weighted by molar-refractivity contribution is -0.138. The summed E-state index contributed by atoms with van der Waals surface area (Å²) in [4.78, 5) is 10.9. The molecule has 1 rings (SSSR count). The number of benzene rings is 1. The molecular weight excluding hydrogens is 240 g/mol. The molecule has 0 bridgehead atoms. The third-order valence-electron chi connectivity index (χ3n) is 3.55. The Bertz CT molecular complexity index is 430. The van der Waals surface area contributed by atoms with E-state index in [0.717, 1.165) is 5.56 Å². The number of methoxy groups -OCH3 is 1. The summed E-state index contributed by atoms with van der Waals surface area (Å²) in [6, 6.07) is 8.18. The Labute approximate surface area is 115 Å². The van der Waals surface area contributed by atoms with Crippen LogP contribution < -0.4 is 0 Å². The van der Waals surface area contributed by atoms with E-state index in [0.29, 0.717) is 6.61 Å². The molecule has 0 saturated heterocycles. The normalized spacial score (nSPS) is 12.5. The molecule has 0 spiro atoms. The fourth-order valence-electron chi connectivity index (χ4n) is 2.30. The molecular formula is C16H24O3. The van der Waals surface area contributed by atoms with Gasteiger partial charge in [0.2, 0.25) is 0 Å². The summed E-state index contributed by atoms with van der Waals surface area (Å²) in [6.45, 7) is 8.83. The van der Waals surface area contributed by atoms with Crippen molar-refractivity contribution >= 4 is 5.97 Å². The number of hydrogen-bond acceptors (Lipinski definition) is 2. The minimum Gasteiger partial charge on any atom is -0.481 e. The second-order valence-corrected chi connectivity index (χ2v) is 6.35. The summed E-state index contributed by atoms with van der Waals surface area (Å²) in [7, 11) is 1.70. The Morgan fingerprint density at radius 2 is 1.47 bits per heavy atom. The second-order valence-electron chi connectivity index (χ2n) is 6.35. The maximum absolute atomic E-state index is 10.9. The van der Waals surface area contributed by atoms with Gasteiger partial charge in [0.25, 0.3) is 0 Å². The lowest BCUT2D eigenvalue weighted by Gasteiger charge is -2.27. The zero-order chi connectivity index (χ0) is 14.7. The molecule has 1 aromatic carbocycles. The molecule has 0 aromatic heterocycles. The molecule has 0 aliphatic heterocycles. The first-order chi connectivity index (χ1) is 8.69. The lowest BCUT2D eigenvalue weighted by atomic mass is 9.79. The molecule has 1 aromatic rings. The SMILES string of the molecule is COCC(C)(C)c1ccc(C(C)(C)CC(=O)O)cc1. The summed E-state index contributed by atoms with van der Waals surface area (Å²) < 4.78 is 5.23. The molecule has 0 radical (unpaired) electrons. The van der Waals surface area contributed by atoms with Gasteiger partial charge < -0.3 is 9.84 Å². The van der Waals surface area contributed by atoms with Crippen LogP contribution in [0, 0.1) is 0 Å². The highest BCUT2D eigenvalue weighted by molar-refractivity contribution is 5.68. The molecule has 3 heteroatoms. The first-order valence-electron chi connectivity index (χ1n) is 6.51. The second kappa shape index (κ2) is 5.74. The van der Waals surface area contributed by atoms with Gasteiger partial charge in [-0.1, -0.05) is 52.0 Å². The number of aliphatic carboxylic acids is 1. The molecule has 0 fully saturated rings. The molecule has 0 aliphatic rings. The Kier molecular flexibility index (Phi) is 4.75. The van der Waals surface area contributed by atoms with E-state index in [1.807, 2.05) is 26.0 Å². The Morgan fingerprint density at radius 1 is 1.05 bits per heavy atom. The van der Waals surface area contributed by atoms with Gasteiger partial charge in [-0.25, -0.2) is 0 Å². The van der Waals surface area contributed by atoms with Crippen LogP contribution in [0.15, 0.2) is 24.3 Å². The number of carboxylic acids is 1. The van der Waals surface area contributed by atoms with Gasteiger partial charge in [0.05, 0.1) is 13.0 Å². The zero-order valence-electron chi connectivity index (χ0n) is 12.5. The molecule has 1 N–H and O–H groups in total. The van der Waals surface area contributed by atoms with Crippen LogP contribution in [0.2, 0.25) is 0 Å².